The molecular formula is C18H15N3O5S. The molecule has 1 aliphatic heterocycles. The standard InChI is InChI=1S/C18H15N3O5S/c1-10-14(17(22)21-18(23)15(10)9-19)8-12-4-7-16(26-12)11-2-5-13(6-3-11)27(20,24)25/h2-7,14H,8H2,1H3,(H2,20,24,25)(H,21,22,23). The van der Waals surface area contributed by atoms with Gasteiger partial charge in [0, 0.05) is 12.0 Å². The maximum Gasteiger partial charge on any atom is 0.290 e. The molecule has 1 aliphatic rings. The quantitative estimate of drug-likeness (QED) is 0.823. The minimum atomic E-state index is -3.77. The van der Waals surface area contributed by atoms with Crippen molar-refractivity contribution >= 4 is 21.8 Å². The van der Waals surface area contributed by atoms with Crippen molar-refractivity contribution in [2.75, 3.05) is 0 Å². The molecule has 3 N–H and O–H groups in total. The van der Waals surface area contributed by atoms with E-state index < -0.39 is 21.8 Å². The van der Waals surface area contributed by atoms with Gasteiger partial charge >= 0.3 is 0 Å². The summed E-state index contributed by atoms with van der Waals surface area (Å²) in [4.78, 5) is 15.1. The molecule has 2 aromatic rings. The lowest BCUT2D eigenvalue weighted by atomic mass is 9.89. The van der Waals surface area contributed by atoms with Crippen LogP contribution >= 0.6 is 0 Å². The van der Waals surface area contributed by atoms with Crippen LogP contribution in [0.4, 0.5) is 0 Å². The second-order valence-corrected chi connectivity index (χ2v) is 7.60. The summed E-state index contributed by atoms with van der Waals surface area (Å²) in [6, 6.07) is 11.1. The number of nitrogens with zero attached hydrogens (tertiary/aromatic N) is 2. The number of rotatable bonds is 4. The molecule has 1 amide bonds. The fraction of sp³-hybridized carbons (Fsp3) is 0.167. The van der Waals surface area contributed by atoms with Gasteiger partial charge in [0.15, 0.2) is 5.90 Å². The molecule has 2 heterocycles. The van der Waals surface area contributed by atoms with Crippen LogP contribution in [-0.4, -0.2) is 25.3 Å². The predicted molar refractivity (Wildman–Crippen MR) is 96.1 cm³/mol. The first kappa shape index (κ1) is 18.6. The third-order valence-electron chi connectivity index (χ3n) is 4.30. The van der Waals surface area contributed by atoms with Crippen LogP contribution in [0.1, 0.15) is 12.7 Å². The van der Waals surface area contributed by atoms with Crippen molar-refractivity contribution in [3.05, 3.63) is 53.3 Å². The average Bonchev–Trinajstić information content (AvgIpc) is 3.07. The van der Waals surface area contributed by atoms with Crippen molar-refractivity contribution in [3.8, 4) is 17.4 Å². The van der Waals surface area contributed by atoms with Gasteiger partial charge in [-0.05, 0) is 48.9 Å². The molecule has 0 saturated heterocycles. The van der Waals surface area contributed by atoms with Gasteiger partial charge in [0.05, 0.1) is 10.8 Å². The molecule has 0 bridgehead atoms. The van der Waals surface area contributed by atoms with E-state index in [1.54, 1.807) is 31.2 Å². The Bertz CT molecular complexity index is 1120. The molecule has 3 rings (SSSR count). The molecule has 1 aromatic carbocycles. The highest BCUT2D eigenvalue weighted by atomic mass is 32.2. The number of amides is 1. The first-order valence-corrected chi connectivity index (χ1v) is 9.40. The number of nitrogens with two attached hydrogens (primary N) is 1. The zero-order valence-electron chi connectivity index (χ0n) is 14.2. The number of carbonyl (C=O) groups excluding carboxylic acids is 1. The summed E-state index contributed by atoms with van der Waals surface area (Å²) < 4.78 is 28.4. The van der Waals surface area contributed by atoms with E-state index in [0.29, 0.717) is 22.7 Å². The number of furan rings is 1. The highest BCUT2D eigenvalue weighted by molar-refractivity contribution is 7.89. The number of hydrogen-bond acceptors (Lipinski definition) is 5. The zero-order chi connectivity index (χ0) is 19.8. The van der Waals surface area contributed by atoms with Crippen LogP contribution in [-0.2, 0) is 21.2 Å². The van der Waals surface area contributed by atoms with E-state index in [0.717, 1.165) is 0 Å². The Hall–Kier alpha value is -3.22. The van der Waals surface area contributed by atoms with Crippen molar-refractivity contribution in [2.45, 2.75) is 18.2 Å². The third kappa shape index (κ3) is 3.67. The Labute approximate surface area is 155 Å². The maximum atomic E-state index is 11.6. The van der Waals surface area contributed by atoms with Gasteiger partial charge in [0.2, 0.25) is 10.0 Å². The van der Waals surface area contributed by atoms with Crippen molar-refractivity contribution in [1.29, 1.82) is 5.26 Å². The first-order chi connectivity index (χ1) is 12.7. The predicted octanol–water partition coefficient (Wildman–Crippen LogP) is 2.09. The summed E-state index contributed by atoms with van der Waals surface area (Å²) in [6.45, 7) is 1.60. The second-order valence-electron chi connectivity index (χ2n) is 6.04. The van der Waals surface area contributed by atoms with Gasteiger partial charge in [-0.3, -0.25) is 4.79 Å². The Balaban J connectivity index is 1.85. The number of nitriles is 1. The normalized spacial score (nSPS) is 17.6. The van der Waals surface area contributed by atoms with Gasteiger partial charge in [-0.25, -0.2) is 13.6 Å². The lowest BCUT2D eigenvalue weighted by molar-refractivity contribution is -0.114. The topological polar surface area (TPSA) is 147 Å². The second kappa shape index (κ2) is 6.83. The number of aliphatic hydroxyl groups excluding tert-OH is 1. The summed E-state index contributed by atoms with van der Waals surface area (Å²) in [5, 5.41) is 24.1. The molecule has 1 atom stereocenters. The zero-order valence-corrected chi connectivity index (χ0v) is 15.0. The largest absolute Gasteiger partial charge is 0.496 e. The number of dihydropyridines is 1. The molecule has 138 valence electrons. The van der Waals surface area contributed by atoms with Crippen LogP contribution in [0.25, 0.3) is 11.3 Å². The van der Waals surface area contributed by atoms with Crippen molar-refractivity contribution < 1.29 is 22.7 Å². The maximum absolute atomic E-state index is 11.6. The fourth-order valence-electron chi connectivity index (χ4n) is 2.81. The SMILES string of the molecule is CC1=C(C#N)C(=O)N=C(O)C1Cc1ccc(-c2ccc(S(N)(=O)=O)cc2)o1. The van der Waals surface area contributed by atoms with Gasteiger partial charge in [0.25, 0.3) is 5.91 Å². The van der Waals surface area contributed by atoms with E-state index in [1.165, 1.54) is 12.1 Å². The van der Waals surface area contributed by atoms with E-state index in [9.17, 15) is 18.3 Å². The monoisotopic (exact) mass is 385 g/mol. The van der Waals surface area contributed by atoms with Crippen LogP contribution in [0.3, 0.4) is 0 Å². The van der Waals surface area contributed by atoms with Gasteiger partial charge in [-0.15, -0.1) is 0 Å². The Morgan fingerprint density at radius 3 is 2.52 bits per heavy atom. The number of primary sulfonamides is 1. The van der Waals surface area contributed by atoms with Crippen LogP contribution in [0.5, 0.6) is 0 Å². The van der Waals surface area contributed by atoms with Crippen LogP contribution < -0.4 is 5.14 Å². The third-order valence-corrected chi connectivity index (χ3v) is 5.23. The molecule has 27 heavy (non-hydrogen) atoms. The number of sulfonamides is 1. The molecule has 0 saturated carbocycles. The van der Waals surface area contributed by atoms with E-state index in [-0.39, 0.29) is 22.8 Å². The highest BCUT2D eigenvalue weighted by Gasteiger charge is 2.30. The number of benzene rings is 1. The minimum Gasteiger partial charge on any atom is -0.496 e. The average molecular weight is 385 g/mol. The number of aliphatic hydroxyl groups is 1. The first-order valence-electron chi connectivity index (χ1n) is 7.85. The van der Waals surface area contributed by atoms with E-state index >= 15 is 0 Å². The smallest absolute Gasteiger partial charge is 0.290 e. The van der Waals surface area contributed by atoms with Crippen molar-refractivity contribution in [1.82, 2.24) is 0 Å². The summed E-state index contributed by atoms with van der Waals surface area (Å²) in [5.41, 5.74) is 1.00. The lowest BCUT2D eigenvalue weighted by Crippen LogP contribution is -2.26. The van der Waals surface area contributed by atoms with Crippen LogP contribution in [0.15, 0.2) is 61.8 Å². The molecule has 0 fully saturated rings. The summed E-state index contributed by atoms with van der Waals surface area (Å²) in [7, 11) is -3.77. The molecule has 8 nitrogen and oxygen atoms in total. The van der Waals surface area contributed by atoms with Crippen LogP contribution in [0, 0.1) is 17.2 Å². The van der Waals surface area contributed by atoms with E-state index in [2.05, 4.69) is 4.99 Å². The highest BCUT2D eigenvalue weighted by Crippen LogP contribution is 2.29. The van der Waals surface area contributed by atoms with Gasteiger partial charge < -0.3 is 9.52 Å². The number of hydrogen-bond donors (Lipinski definition) is 2. The fourth-order valence-corrected chi connectivity index (χ4v) is 3.32. The van der Waals surface area contributed by atoms with Gasteiger partial charge in [0.1, 0.15) is 23.2 Å². The molecular weight excluding hydrogens is 370 g/mol. The Morgan fingerprint density at radius 2 is 1.93 bits per heavy atom. The molecule has 9 heteroatoms. The lowest BCUT2D eigenvalue weighted by Gasteiger charge is -2.19. The molecule has 0 spiro atoms. The minimum absolute atomic E-state index is 0.00386. The van der Waals surface area contributed by atoms with E-state index in [1.807, 2.05) is 6.07 Å². The number of carbonyl (C=O) groups is 1. The van der Waals surface area contributed by atoms with Gasteiger partial charge in [-0.1, -0.05) is 0 Å². The van der Waals surface area contributed by atoms with Crippen molar-refractivity contribution in [2.24, 2.45) is 16.0 Å². The number of aliphatic imine (C=N–C) groups is 1. The van der Waals surface area contributed by atoms with Gasteiger partial charge in [-0.2, -0.15) is 10.3 Å². The molecule has 0 aliphatic carbocycles. The van der Waals surface area contributed by atoms with Crippen molar-refractivity contribution in [3.63, 3.8) is 0 Å². The molecule has 1 aromatic heterocycles. The summed E-state index contributed by atoms with van der Waals surface area (Å²) in [6.07, 6.45) is 0.217. The van der Waals surface area contributed by atoms with E-state index in [4.69, 9.17) is 14.8 Å². The molecule has 1 unspecified atom stereocenters. The summed E-state index contributed by atoms with van der Waals surface area (Å²) >= 11 is 0. The molecule has 0 radical (unpaired) electrons. The Morgan fingerprint density at radius 1 is 1.26 bits per heavy atom. The van der Waals surface area contributed by atoms with Crippen LogP contribution in [0.2, 0.25) is 0 Å². The Kier molecular flexibility index (Phi) is 4.70. The summed E-state index contributed by atoms with van der Waals surface area (Å²) in [5.74, 6) is -0.721.